The molecule has 1 aromatic rings. The highest BCUT2D eigenvalue weighted by molar-refractivity contribution is 5.94. The smallest absolute Gasteiger partial charge is 0.241 e. The Morgan fingerprint density at radius 1 is 1.47 bits per heavy atom. The van der Waals surface area contributed by atoms with Gasteiger partial charge in [-0.3, -0.25) is 4.79 Å². The van der Waals surface area contributed by atoms with E-state index in [4.69, 9.17) is 5.26 Å². The number of amides is 1. The average molecular weight is 230 g/mol. The molecule has 3 nitrogen and oxygen atoms in total. The van der Waals surface area contributed by atoms with Crippen LogP contribution in [0.1, 0.15) is 32.3 Å². The lowest BCUT2D eigenvalue weighted by atomic mass is 10.0. The quantitative estimate of drug-likeness (QED) is 0.844. The Morgan fingerprint density at radius 2 is 2.24 bits per heavy atom. The van der Waals surface area contributed by atoms with Crippen molar-refractivity contribution in [3.05, 3.63) is 29.8 Å². The van der Waals surface area contributed by atoms with Gasteiger partial charge in [0.15, 0.2) is 0 Å². The maximum atomic E-state index is 11.8. The molecule has 0 spiro atoms. The van der Waals surface area contributed by atoms with Crippen LogP contribution in [-0.4, -0.2) is 5.91 Å². The van der Waals surface area contributed by atoms with Crippen molar-refractivity contribution in [1.82, 2.24) is 0 Å². The molecule has 0 bridgehead atoms. The Labute approximate surface area is 102 Å². The summed E-state index contributed by atoms with van der Waals surface area (Å²) in [5.74, 6) is -0.757. The van der Waals surface area contributed by atoms with Gasteiger partial charge in [-0.1, -0.05) is 32.4 Å². The Kier molecular flexibility index (Phi) is 5.22. The molecule has 0 saturated carbocycles. The second kappa shape index (κ2) is 6.70. The largest absolute Gasteiger partial charge is 0.325 e. The summed E-state index contributed by atoms with van der Waals surface area (Å²) in [6.45, 7) is 4.03. The highest BCUT2D eigenvalue weighted by Gasteiger charge is 2.16. The van der Waals surface area contributed by atoms with Crippen molar-refractivity contribution in [3.63, 3.8) is 0 Å². The number of nitrogens with one attached hydrogen (secondary N) is 1. The molecule has 90 valence electrons. The third-order valence-corrected chi connectivity index (χ3v) is 2.65. The lowest BCUT2D eigenvalue weighted by molar-refractivity contribution is -0.118. The normalized spacial score (nSPS) is 11.6. The van der Waals surface area contributed by atoms with Gasteiger partial charge in [-0.05, 0) is 30.5 Å². The molecule has 0 heterocycles. The second-order valence-electron chi connectivity index (χ2n) is 4.01. The molecule has 1 rings (SSSR count). The lowest BCUT2D eigenvalue weighted by Crippen LogP contribution is -2.21. The predicted octanol–water partition coefficient (Wildman–Crippen LogP) is 3.13. The number of anilines is 1. The molecule has 0 aromatic heterocycles. The zero-order chi connectivity index (χ0) is 12.7. The molecule has 3 heteroatoms. The SMILES string of the molecule is CCCC(C#N)C(=O)Nc1cccc(CC)c1. The van der Waals surface area contributed by atoms with E-state index in [1.807, 2.05) is 37.3 Å². The van der Waals surface area contributed by atoms with Gasteiger partial charge in [0.2, 0.25) is 5.91 Å². The summed E-state index contributed by atoms with van der Waals surface area (Å²) in [6, 6.07) is 9.76. The maximum Gasteiger partial charge on any atom is 0.241 e. The van der Waals surface area contributed by atoms with E-state index in [-0.39, 0.29) is 5.91 Å². The Bertz CT molecular complexity index is 420. The van der Waals surface area contributed by atoms with Gasteiger partial charge < -0.3 is 5.32 Å². The van der Waals surface area contributed by atoms with E-state index in [0.717, 1.165) is 18.5 Å². The topological polar surface area (TPSA) is 52.9 Å². The van der Waals surface area contributed by atoms with E-state index in [9.17, 15) is 4.79 Å². The number of rotatable bonds is 5. The highest BCUT2D eigenvalue weighted by atomic mass is 16.1. The number of benzene rings is 1. The van der Waals surface area contributed by atoms with Crippen LogP contribution in [0.3, 0.4) is 0 Å². The number of hydrogen-bond donors (Lipinski definition) is 1. The number of aryl methyl sites for hydroxylation is 1. The molecule has 1 unspecified atom stereocenters. The molecule has 1 N–H and O–H groups in total. The van der Waals surface area contributed by atoms with Crippen LogP contribution in [0.5, 0.6) is 0 Å². The predicted molar refractivity (Wildman–Crippen MR) is 68.5 cm³/mol. The van der Waals surface area contributed by atoms with Crippen LogP contribution in [0.15, 0.2) is 24.3 Å². The zero-order valence-corrected chi connectivity index (χ0v) is 10.4. The van der Waals surface area contributed by atoms with Gasteiger partial charge in [-0.25, -0.2) is 0 Å². The van der Waals surface area contributed by atoms with Crippen molar-refractivity contribution in [3.8, 4) is 6.07 Å². The number of nitrogens with zero attached hydrogens (tertiary/aromatic N) is 1. The van der Waals surface area contributed by atoms with Crippen molar-refractivity contribution in [2.24, 2.45) is 5.92 Å². The van der Waals surface area contributed by atoms with Gasteiger partial charge >= 0.3 is 0 Å². The minimum Gasteiger partial charge on any atom is -0.325 e. The molecule has 1 amide bonds. The first kappa shape index (κ1) is 13.2. The van der Waals surface area contributed by atoms with Crippen LogP contribution in [0.25, 0.3) is 0 Å². The molecule has 0 aliphatic rings. The van der Waals surface area contributed by atoms with Gasteiger partial charge in [0.1, 0.15) is 5.92 Å². The van der Waals surface area contributed by atoms with Gasteiger partial charge in [-0.15, -0.1) is 0 Å². The van der Waals surface area contributed by atoms with Crippen LogP contribution in [0.4, 0.5) is 5.69 Å². The standard InChI is InChI=1S/C14H18N2O/c1-3-6-12(10-15)14(17)16-13-8-5-7-11(4-2)9-13/h5,7-9,12H,3-4,6H2,1-2H3,(H,16,17). The number of nitriles is 1. The summed E-state index contributed by atoms with van der Waals surface area (Å²) in [4.78, 5) is 11.8. The van der Waals surface area contributed by atoms with Crippen LogP contribution >= 0.6 is 0 Å². The highest BCUT2D eigenvalue weighted by Crippen LogP contribution is 2.14. The fourth-order valence-corrected chi connectivity index (χ4v) is 1.64. The average Bonchev–Trinajstić information content (AvgIpc) is 2.36. The third-order valence-electron chi connectivity index (χ3n) is 2.65. The molecule has 0 aliphatic heterocycles. The fraction of sp³-hybridized carbons (Fsp3) is 0.429. The van der Waals surface area contributed by atoms with Crippen molar-refractivity contribution in [1.29, 1.82) is 5.26 Å². The van der Waals surface area contributed by atoms with E-state index in [1.165, 1.54) is 5.56 Å². The molecule has 1 aromatic carbocycles. The number of carbonyl (C=O) groups excluding carboxylic acids is 1. The van der Waals surface area contributed by atoms with E-state index in [0.29, 0.717) is 6.42 Å². The molecule has 0 aliphatic carbocycles. The molecular formula is C14H18N2O. The van der Waals surface area contributed by atoms with Crippen LogP contribution in [0.2, 0.25) is 0 Å². The van der Waals surface area contributed by atoms with E-state index in [1.54, 1.807) is 0 Å². The van der Waals surface area contributed by atoms with Gasteiger partial charge in [0.05, 0.1) is 6.07 Å². The summed E-state index contributed by atoms with van der Waals surface area (Å²) in [7, 11) is 0. The summed E-state index contributed by atoms with van der Waals surface area (Å²) in [6.07, 6.45) is 2.37. The Morgan fingerprint density at radius 3 is 2.82 bits per heavy atom. The molecule has 1 atom stereocenters. The van der Waals surface area contributed by atoms with E-state index < -0.39 is 5.92 Å². The first-order chi connectivity index (χ1) is 8.21. The van der Waals surface area contributed by atoms with Crippen molar-refractivity contribution < 1.29 is 4.79 Å². The first-order valence-electron chi connectivity index (χ1n) is 6.00. The minimum absolute atomic E-state index is 0.206. The Hall–Kier alpha value is -1.82. The summed E-state index contributed by atoms with van der Waals surface area (Å²) in [5.41, 5.74) is 1.94. The van der Waals surface area contributed by atoms with Crippen molar-refractivity contribution in [2.45, 2.75) is 33.1 Å². The van der Waals surface area contributed by atoms with Gasteiger partial charge in [0.25, 0.3) is 0 Å². The number of hydrogen-bond acceptors (Lipinski definition) is 2. The zero-order valence-electron chi connectivity index (χ0n) is 10.4. The summed E-state index contributed by atoms with van der Waals surface area (Å²) < 4.78 is 0. The van der Waals surface area contributed by atoms with E-state index in [2.05, 4.69) is 12.2 Å². The molecule has 0 saturated heterocycles. The monoisotopic (exact) mass is 230 g/mol. The minimum atomic E-state index is -0.551. The van der Waals surface area contributed by atoms with Crippen molar-refractivity contribution >= 4 is 11.6 Å². The summed E-state index contributed by atoms with van der Waals surface area (Å²) >= 11 is 0. The number of carbonyl (C=O) groups is 1. The fourth-order valence-electron chi connectivity index (χ4n) is 1.64. The molecular weight excluding hydrogens is 212 g/mol. The maximum absolute atomic E-state index is 11.8. The van der Waals surface area contributed by atoms with Crippen molar-refractivity contribution in [2.75, 3.05) is 5.32 Å². The summed E-state index contributed by atoms with van der Waals surface area (Å²) in [5, 5.41) is 11.7. The molecule has 0 fully saturated rings. The van der Waals surface area contributed by atoms with E-state index >= 15 is 0 Å². The van der Waals surface area contributed by atoms with Crippen LogP contribution < -0.4 is 5.32 Å². The van der Waals surface area contributed by atoms with Gasteiger partial charge in [0, 0.05) is 5.69 Å². The third kappa shape index (κ3) is 3.92. The second-order valence-corrected chi connectivity index (χ2v) is 4.01. The van der Waals surface area contributed by atoms with Crippen LogP contribution in [-0.2, 0) is 11.2 Å². The van der Waals surface area contributed by atoms with Gasteiger partial charge in [-0.2, -0.15) is 5.26 Å². The first-order valence-corrected chi connectivity index (χ1v) is 6.00. The van der Waals surface area contributed by atoms with Crippen LogP contribution in [0, 0.1) is 17.2 Å². The Balaban J connectivity index is 2.70. The lowest BCUT2D eigenvalue weighted by Gasteiger charge is -2.10. The molecule has 17 heavy (non-hydrogen) atoms. The molecule has 0 radical (unpaired) electrons.